The fourth-order valence-corrected chi connectivity index (χ4v) is 1.49. The highest BCUT2D eigenvalue weighted by Crippen LogP contribution is 2.13. The summed E-state index contributed by atoms with van der Waals surface area (Å²) < 4.78 is 6.18. The smallest absolute Gasteiger partial charge is 0.253 e. The standard InChI is InChI=1S/C8H8N5O2S/c1-15-3-5-11-8-10-2-4(6(9)14)7(16)13(8)12-5/h2H,3H2,1H3,(H2,9,14). The molecule has 2 heterocycles. The molecule has 0 bridgehead atoms. The van der Waals surface area contributed by atoms with Gasteiger partial charge in [0, 0.05) is 13.3 Å². The van der Waals surface area contributed by atoms with Gasteiger partial charge in [0.05, 0.1) is 5.56 Å². The molecular weight excluding hydrogens is 230 g/mol. The molecule has 0 aliphatic rings. The number of primary amides is 1. The maximum atomic E-state index is 11.0. The summed E-state index contributed by atoms with van der Waals surface area (Å²) in [6.45, 7) is 0.254. The van der Waals surface area contributed by atoms with E-state index in [9.17, 15) is 4.79 Å². The highest BCUT2D eigenvalue weighted by Gasteiger charge is 2.14. The van der Waals surface area contributed by atoms with E-state index in [-0.39, 0.29) is 17.2 Å². The van der Waals surface area contributed by atoms with Crippen molar-refractivity contribution in [2.45, 2.75) is 11.6 Å². The highest BCUT2D eigenvalue weighted by atomic mass is 32.1. The van der Waals surface area contributed by atoms with Crippen molar-refractivity contribution < 1.29 is 9.53 Å². The summed E-state index contributed by atoms with van der Waals surface area (Å²) in [5, 5.41) is 4.25. The Morgan fingerprint density at radius 2 is 2.44 bits per heavy atom. The first-order valence-corrected chi connectivity index (χ1v) is 4.74. The lowest BCUT2D eigenvalue weighted by atomic mass is 10.3. The predicted molar refractivity (Wildman–Crippen MR) is 55.9 cm³/mol. The van der Waals surface area contributed by atoms with Crippen LogP contribution in [0.4, 0.5) is 0 Å². The first kappa shape index (κ1) is 10.7. The van der Waals surface area contributed by atoms with Crippen molar-refractivity contribution >= 4 is 24.3 Å². The van der Waals surface area contributed by atoms with E-state index in [0.29, 0.717) is 11.6 Å². The van der Waals surface area contributed by atoms with Crippen molar-refractivity contribution in [1.29, 1.82) is 0 Å². The van der Waals surface area contributed by atoms with Gasteiger partial charge in [0.2, 0.25) is 0 Å². The Balaban J connectivity index is 2.60. The molecule has 0 saturated heterocycles. The Morgan fingerprint density at radius 1 is 1.69 bits per heavy atom. The predicted octanol–water partition coefficient (Wildman–Crippen LogP) is -0.0740. The zero-order chi connectivity index (χ0) is 11.7. The summed E-state index contributed by atoms with van der Waals surface area (Å²) in [7, 11) is 1.53. The first-order valence-electron chi connectivity index (χ1n) is 4.34. The van der Waals surface area contributed by atoms with E-state index < -0.39 is 5.91 Å². The number of fused-ring (bicyclic) bond motifs is 1. The zero-order valence-corrected chi connectivity index (χ0v) is 9.19. The normalized spacial score (nSPS) is 10.8. The lowest BCUT2D eigenvalue weighted by Gasteiger charge is -1.99. The number of hydrogen-bond acceptors (Lipinski definition) is 5. The third-order valence-corrected chi connectivity index (χ3v) is 2.30. The molecule has 2 aromatic rings. The van der Waals surface area contributed by atoms with E-state index >= 15 is 0 Å². The summed E-state index contributed by atoms with van der Waals surface area (Å²) in [4.78, 5) is 19.0. The number of methoxy groups -OCH3 is 1. The number of aromatic nitrogens is 4. The molecule has 1 amide bonds. The van der Waals surface area contributed by atoms with Crippen LogP contribution < -0.4 is 5.73 Å². The van der Waals surface area contributed by atoms with E-state index in [2.05, 4.69) is 15.1 Å². The van der Waals surface area contributed by atoms with E-state index in [4.69, 9.17) is 23.1 Å². The molecule has 0 aliphatic heterocycles. The number of nitrogens with zero attached hydrogens (tertiary/aromatic N) is 4. The summed E-state index contributed by atoms with van der Waals surface area (Å²) in [5.41, 5.74) is 5.29. The summed E-state index contributed by atoms with van der Waals surface area (Å²) >= 11 is 5.05. The van der Waals surface area contributed by atoms with Gasteiger partial charge in [-0.05, 0) is 0 Å². The average molecular weight is 238 g/mol. The van der Waals surface area contributed by atoms with Crippen LogP contribution in [0.2, 0.25) is 0 Å². The molecule has 0 saturated carbocycles. The van der Waals surface area contributed by atoms with Crippen LogP contribution in [-0.4, -0.2) is 32.6 Å². The van der Waals surface area contributed by atoms with Crippen molar-refractivity contribution in [2.24, 2.45) is 5.73 Å². The highest BCUT2D eigenvalue weighted by molar-refractivity contribution is 7.80. The summed E-state index contributed by atoms with van der Waals surface area (Å²) in [6.07, 6.45) is 1.30. The molecule has 1 radical (unpaired) electrons. The van der Waals surface area contributed by atoms with Gasteiger partial charge in [-0.15, -0.1) is 5.10 Å². The summed E-state index contributed by atoms with van der Waals surface area (Å²) in [6, 6.07) is 0. The Morgan fingerprint density at radius 3 is 3.06 bits per heavy atom. The lowest BCUT2D eigenvalue weighted by Crippen LogP contribution is -2.14. The topological polar surface area (TPSA) is 95.4 Å². The number of rotatable bonds is 3. The van der Waals surface area contributed by atoms with Crippen molar-refractivity contribution in [2.75, 3.05) is 7.11 Å². The lowest BCUT2D eigenvalue weighted by molar-refractivity contribution is 0.0996. The average Bonchev–Trinajstić information content (AvgIpc) is 2.62. The maximum Gasteiger partial charge on any atom is 0.253 e. The Kier molecular flexibility index (Phi) is 2.67. The fraction of sp³-hybridized carbons (Fsp3) is 0.250. The van der Waals surface area contributed by atoms with E-state index in [1.807, 2.05) is 0 Å². The molecule has 7 nitrogen and oxygen atoms in total. The fourth-order valence-electron chi connectivity index (χ4n) is 1.22. The molecule has 2 N–H and O–H groups in total. The molecule has 0 unspecified atom stereocenters. The van der Waals surface area contributed by atoms with Crippen LogP contribution in [0.25, 0.3) is 5.78 Å². The maximum absolute atomic E-state index is 11.0. The van der Waals surface area contributed by atoms with Crippen molar-refractivity contribution in [3.05, 3.63) is 17.6 Å². The Labute approximate surface area is 96.0 Å². The minimum atomic E-state index is -0.636. The number of carbonyl (C=O) groups is 1. The van der Waals surface area contributed by atoms with Crippen LogP contribution in [0.1, 0.15) is 16.2 Å². The van der Waals surface area contributed by atoms with Gasteiger partial charge in [-0.2, -0.15) is 9.50 Å². The van der Waals surface area contributed by atoms with E-state index in [1.165, 1.54) is 17.8 Å². The second-order valence-corrected chi connectivity index (χ2v) is 3.40. The quantitative estimate of drug-likeness (QED) is 0.755. The molecule has 0 spiro atoms. The van der Waals surface area contributed by atoms with Crippen LogP contribution in [-0.2, 0) is 11.3 Å². The largest absolute Gasteiger partial charge is 0.377 e. The number of ether oxygens (including phenoxy) is 1. The van der Waals surface area contributed by atoms with Gasteiger partial charge in [-0.3, -0.25) is 4.79 Å². The van der Waals surface area contributed by atoms with Crippen molar-refractivity contribution in [3.63, 3.8) is 0 Å². The Bertz CT molecular complexity index is 553. The minimum Gasteiger partial charge on any atom is -0.377 e. The molecule has 2 aromatic heterocycles. The zero-order valence-electron chi connectivity index (χ0n) is 8.38. The van der Waals surface area contributed by atoms with Gasteiger partial charge in [0.15, 0.2) is 5.82 Å². The first-order chi connectivity index (χ1) is 7.63. The molecule has 0 aromatic carbocycles. The SMILES string of the molecule is COCc1nc2ncc(C(N)=O)c([S])n2n1. The molecule has 83 valence electrons. The second-order valence-electron chi connectivity index (χ2n) is 3.01. The minimum absolute atomic E-state index is 0.149. The molecule has 16 heavy (non-hydrogen) atoms. The van der Waals surface area contributed by atoms with Gasteiger partial charge in [-0.25, -0.2) is 4.98 Å². The number of hydrogen-bond donors (Lipinski definition) is 1. The van der Waals surface area contributed by atoms with Gasteiger partial charge in [0.25, 0.3) is 11.7 Å². The molecule has 0 fully saturated rings. The summed E-state index contributed by atoms with van der Waals surface area (Å²) in [5.74, 6) is 0.132. The van der Waals surface area contributed by atoms with Crippen molar-refractivity contribution in [3.8, 4) is 0 Å². The number of carbonyl (C=O) groups excluding carboxylic acids is 1. The molecule has 0 aliphatic carbocycles. The van der Waals surface area contributed by atoms with Crippen LogP contribution >= 0.6 is 12.6 Å². The van der Waals surface area contributed by atoms with E-state index in [0.717, 1.165) is 0 Å². The third kappa shape index (κ3) is 1.68. The van der Waals surface area contributed by atoms with Crippen LogP contribution in [0, 0.1) is 0 Å². The van der Waals surface area contributed by atoms with Gasteiger partial charge in [-0.1, -0.05) is 12.6 Å². The Hall–Kier alpha value is -1.80. The van der Waals surface area contributed by atoms with Gasteiger partial charge >= 0.3 is 0 Å². The van der Waals surface area contributed by atoms with Gasteiger partial charge < -0.3 is 10.5 Å². The monoisotopic (exact) mass is 238 g/mol. The second kappa shape index (κ2) is 3.99. The number of amides is 1. The van der Waals surface area contributed by atoms with Crippen LogP contribution in [0.5, 0.6) is 0 Å². The van der Waals surface area contributed by atoms with E-state index in [1.54, 1.807) is 0 Å². The number of nitrogens with two attached hydrogens (primary N) is 1. The van der Waals surface area contributed by atoms with Gasteiger partial charge in [0.1, 0.15) is 11.6 Å². The third-order valence-electron chi connectivity index (χ3n) is 1.90. The van der Waals surface area contributed by atoms with Crippen LogP contribution in [0.3, 0.4) is 0 Å². The van der Waals surface area contributed by atoms with Crippen LogP contribution in [0.15, 0.2) is 11.2 Å². The molecular formula is C8H8N5O2S. The van der Waals surface area contributed by atoms with Crippen molar-refractivity contribution in [1.82, 2.24) is 19.6 Å². The molecule has 2 rings (SSSR count). The molecule has 0 atom stereocenters. The molecule has 8 heteroatoms.